The van der Waals surface area contributed by atoms with Crippen molar-refractivity contribution in [1.29, 1.82) is 0 Å². The van der Waals surface area contributed by atoms with Gasteiger partial charge in [0.1, 0.15) is 18.7 Å². The van der Waals surface area contributed by atoms with E-state index in [0.29, 0.717) is 0 Å². The van der Waals surface area contributed by atoms with Crippen molar-refractivity contribution < 1.29 is 29.3 Å². The molecule has 0 aliphatic heterocycles. The summed E-state index contributed by atoms with van der Waals surface area (Å²) in [5.74, 6) is -2.10. The number of fused-ring (bicyclic) bond motifs is 3. The highest BCUT2D eigenvalue weighted by molar-refractivity contribution is 5.80. The van der Waals surface area contributed by atoms with Crippen LogP contribution in [0, 0.1) is 0 Å². The summed E-state index contributed by atoms with van der Waals surface area (Å²) in [7, 11) is 0. The third-order valence-corrected chi connectivity index (χ3v) is 6.49. The number of hydrogen-bond donors (Lipinski definition) is 5. The number of rotatable bonds is 9. The van der Waals surface area contributed by atoms with Gasteiger partial charge in [-0.15, -0.1) is 0 Å². The fourth-order valence-corrected chi connectivity index (χ4v) is 4.46. The first kappa shape index (κ1) is 28.1. The van der Waals surface area contributed by atoms with Crippen LogP contribution in [0.1, 0.15) is 27.9 Å². The van der Waals surface area contributed by atoms with E-state index in [0.717, 1.165) is 34.4 Å². The Balaban J connectivity index is 0.000000283. The van der Waals surface area contributed by atoms with Gasteiger partial charge in [0.15, 0.2) is 0 Å². The minimum atomic E-state index is -1.10. The third kappa shape index (κ3) is 7.33. The number of amides is 1. The van der Waals surface area contributed by atoms with Crippen molar-refractivity contribution in [3.05, 3.63) is 113 Å². The molecule has 0 fully saturated rings. The molecule has 5 rings (SSSR count). The van der Waals surface area contributed by atoms with Crippen LogP contribution in [0.5, 0.6) is 0 Å². The summed E-state index contributed by atoms with van der Waals surface area (Å²) < 4.78 is 5.36. The number of aliphatic carboxylic acids is 2. The summed E-state index contributed by atoms with van der Waals surface area (Å²) in [4.78, 5) is 40.5. The van der Waals surface area contributed by atoms with Crippen molar-refractivity contribution in [2.45, 2.75) is 38.0 Å². The fourth-order valence-electron chi connectivity index (χ4n) is 4.46. The average Bonchev–Trinajstić information content (AvgIpc) is 3.60. The Bertz CT molecular complexity index is 1460. The fraction of sp³-hybridized carbons (Fsp3) is 0.200. The lowest BCUT2D eigenvalue weighted by atomic mass is 10.0. The Morgan fingerprint density at radius 3 is 2.35 bits per heavy atom. The topological polar surface area (TPSA) is 168 Å². The predicted octanol–water partition coefficient (Wildman–Crippen LogP) is 3.54. The number of nitrogens with two attached hydrogens (primary N) is 1. The maximum absolute atomic E-state index is 12.2. The number of nitrogens with zero attached hydrogens (tertiary/aromatic N) is 1. The molecule has 40 heavy (non-hydrogen) atoms. The Hall–Kier alpha value is -4.96. The first-order valence-electron chi connectivity index (χ1n) is 12.7. The number of aromatic nitrogens is 2. The van der Waals surface area contributed by atoms with E-state index in [2.05, 4.69) is 33.5 Å². The molecular weight excluding hydrogens is 512 g/mol. The molecule has 1 heterocycles. The summed E-state index contributed by atoms with van der Waals surface area (Å²) >= 11 is 0. The largest absolute Gasteiger partial charge is 0.480 e. The van der Waals surface area contributed by atoms with Crippen LogP contribution in [0.4, 0.5) is 4.79 Å². The van der Waals surface area contributed by atoms with Crippen molar-refractivity contribution in [2.75, 3.05) is 0 Å². The number of imidazole rings is 1. The Morgan fingerprint density at radius 1 is 0.925 bits per heavy atom. The maximum Gasteiger partial charge on any atom is 0.408 e. The Labute approximate surface area is 230 Å². The summed E-state index contributed by atoms with van der Waals surface area (Å²) in [5.41, 5.74) is 12.5. The van der Waals surface area contributed by atoms with Gasteiger partial charge in [0.2, 0.25) is 0 Å². The van der Waals surface area contributed by atoms with Gasteiger partial charge in [-0.1, -0.05) is 72.8 Å². The number of carbonyl (C=O) groups excluding carboxylic acids is 1. The molecule has 1 aromatic heterocycles. The van der Waals surface area contributed by atoms with E-state index in [1.165, 1.54) is 17.5 Å². The van der Waals surface area contributed by atoms with E-state index < -0.39 is 30.1 Å². The first-order chi connectivity index (χ1) is 19.3. The van der Waals surface area contributed by atoms with E-state index in [1.54, 1.807) is 6.20 Å². The number of hydrogen-bond acceptors (Lipinski definition) is 6. The maximum atomic E-state index is 12.2. The molecule has 0 saturated carbocycles. The minimum Gasteiger partial charge on any atom is -0.480 e. The molecule has 10 heteroatoms. The molecule has 1 aliphatic carbocycles. The highest BCUT2D eigenvalue weighted by Crippen LogP contribution is 2.38. The smallest absolute Gasteiger partial charge is 0.408 e. The number of alkyl carbamates (subject to hydrolysis) is 1. The summed E-state index contributed by atoms with van der Waals surface area (Å²) in [6, 6.07) is 21.5. The van der Waals surface area contributed by atoms with Crippen LogP contribution in [0.3, 0.4) is 0 Å². The van der Waals surface area contributed by atoms with Gasteiger partial charge in [0.25, 0.3) is 0 Å². The number of H-pyrrole nitrogens is 1. The van der Waals surface area contributed by atoms with Crippen molar-refractivity contribution in [3.8, 4) is 11.1 Å². The highest BCUT2D eigenvalue weighted by atomic mass is 16.5. The van der Waals surface area contributed by atoms with E-state index in [-0.39, 0.29) is 19.4 Å². The van der Waals surface area contributed by atoms with Crippen molar-refractivity contribution in [1.82, 2.24) is 15.3 Å². The van der Waals surface area contributed by atoms with Gasteiger partial charge in [-0.3, -0.25) is 4.79 Å². The molecule has 2 unspecified atom stereocenters. The minimum absolute atomic E-state index is 0.0979. The van der Waals surface area contributed by atoms with Crippen LogP contribution in [0.15, 0.2) is 85.3 Å². The van der Waals surface area contributed by atoms with E-state index in [9.17, 15) is 19.5 Å². The molecule has 10 nitrogen and oxygen atoms in total. The quantitative estimate of drug-likeness (QED) is 0.188. The number of benzene rings is 3. The number of nitrogens with one attached hydrogen (secondary N) is 2. The van der Waals surface area contributed by atoms with Crippen LogP contribution in [0.2, 0.25) is 0 Å². The summed E-state index contributed by atoms with van der Waals surface area (Å²) in [6.07, 6.45) is 3.60. The van der Waals surface area contributed by atoms with Crippen LogP contribution in [-0.4, -0.2) is 50.3 Å². The summed E-state index contributed by atoms with van der Waals surface area (Å²) in [5, 5.41) is 20.3. The van der Waals surface area contributed by atoms with Crippen molar-refractivity contribution in [2.24, 2.45) is 5.73 Å². The molecule has 206 valence electrons. The number of ether oxygens (including phenoxy) is 1. The molecule has 2 atom stereocenters. The van der Waals surface area contributed by atoms with Gasteiger partial charge in [0, 0.05) is 24.7 Å². The second-order valence-electron chi connectivity index (χ2n) is 9.30. The second kappa shape index (κ2) is 13.2. The number of carbonyl (C=O) groups is 3. The van der Waals surface area contributed by atoms with Gasteiger partial charge in [-0.25, -0.2) is 14.6 Å². The lowest BCUT2D eigenvalue weighted by Gasteiger charge is -2.15. The van der Waals surface area contributed by atoms with Crippen molar-refractivity contribution >= 4 is 18.0 Å². The van der Waals surface area contributed by atoms with E-state index >= 15 is 0 Å². The van der Waals surface area contributed by atoms with E-state index in [1.807, 2.05) is 54.6 Å². The van der Waals surface area contributed by atoms with Crippen LogP contribution >= 0.6 is 0 Å². The summed E-state index contributed by atoms with van der Waals surface area (Å²) in [6.45, 7) is 0.0979. The monoisotopic (exact) mass is 542 g/mol. The van der Waals surface area contributed by atoms with Gasteiger partial charge in [-0.2, -0.15) is 0 Å². The molecule has 3 aromatic carbocycles. The highest BCUT2D eigenvalue weighted by Gasteiger charge is 2.23. The number of carboxylic acid groups (broad SMARTS) is 2. The zero-order valence-electron chi connectivity index (χ0n) is 21.6. The Kier molecular flexibility index (Phi) is 9.27. The SMILES string of the molecule is NC(Cc1cnc[nH]1)C(=O)O.O=C(NC(Cc1ccccc1)C(=O)O)OCc1cccc2c1Cc1ccccc1-2. The average molecular weight is 543 g/mol. The zero-order chi connectivity index (χ0) is 28.5. The van der Waals surface area contributed by atoms with Crippen LogP contribution in [-0.2, 0) is 40.2 Å². The number of aromatic amines is 1. The number of carboxylic acids is 2. The predicted molar refractivity (Wildman–Crippen MR) is 147 cm³/mol. The molecule has 6 N–H and O–H groups in total. The zero-order valence-corrected chi connectivity index (χ0v) is 21.6. The molecule has 4 aromatic rings. The lowest BCUT2D eigenvalue weighted by Crippen LogP contribution is -2.42. The third-order valence-electron chi connectivity index (χ3n) is 6.49. The van der Waals surface area contributed by atoms with Crippen LogP contribution in [0.25, 0.3) is 11.1 Å². The van der Waals surface area contributed by atoms with Crippen molar-refractivity contribution in [3.63, 3.8) is 0 Å². The van der Waals surface area contributed by atoms with Gasteiger partial charge < -0.3 is 31.0 Å². The molecule has 0 radical (unpaired) electrons. The van der Waals surface area contributed by atoms with Gasteiger partial charge in [-0.05, 0) is 39.8 Å². The Morgan fingerprint density at radius 2 is 1.65 bits per heavy atom. The van der Waals surface area contributed by atoms with Crippen LogP contribution < -0.4 is 11.1 Å². The van der Waals surface area contributed by atoms with E-state index in [4.69, 9.17) is 15.6 Å². The second-order valence-corrected chi connectivity index (χ2v) is 9.30. The first-order valence-corrected chi connectivity index (χ1v) is 12.7. The normalized spacial score (nSPS) is 12.6. The van der Waals surface area contributed by atoms with Gasteiger partial charge >= 0.3 is 18.0 Å². The molecule has 0 bridgehead atoms. The molecular formula is C30H30N4O6. The molecule has 0 saturated heterocycles. The lowest BCUT2D eigenvalue weighted by molar-refractivity contribution is -0.139. The molecule has 1 aliphatic rings. The molecule has 1 amide bonds. The standard InChI is InChI=1S/C24H21NO4.C6H9N3O2/c26-23(27)22(13-16-7-2-1-3-8-16)25-24(28)29-15-18-10-6-12-20-19-11-5-4-9-17(19)14-21(18)20;7-5(6(10)11)1-4-2-8-3-9-4/h1-12,22H,13-15H2,(H,25,28)(H,26,27);2-3,5H,1,7H2,(H,8,9)(H,10,11). The molecule has 0 spiro atoms. The van der Waals surface area contributed by atoms with Gasteiger partial charge in [0.05, 0.1) is 6.33 Å².